The maximum absolute atomic E-state index is 12.3. The first-order valence-corrected chi connectivity index (χ1v) is 6.90. The number of aryl methyl sites for hydroxylation is 1. The molecule has 106 valence electrons. The lowest BCUT2D eigenvalue weighted by Gasteiger charge is -2.21. The van der Waals surface area contributed by atoms with Gasteiger partial charge in [0, 0.05) is 25.6 Å². The minimum atomic E-state index is -0.0491. The zero-order chi connectivity index (χ0) is 14.5. The monoisotopic (exact) mass is 271 g/mol. The van der Waals surface area contributed by atoms with E-state index in [0.29, 0.717) is 11.6 Å². The standard InChI is InChI=1S/C16H21N3O/c1-12(2)10-14(13-6-4-8-17-11-13)18-16(20)15-7-5-9-19(15)3/h4-9,11-12,14H,10H2,1-3H3,(H,18,20)/t14-/m1/s1. The molecule has 0 fully saturated rings. The molecule has 2 rings (SSSR count). The van der Waals surface area contributed by atoms with Crippen molar-refractivity contribution in [3.8, 4) is 0 Å². The van der Waals surface area contributed by atoms with Gasteiger partial charge in [0.25, 0.3) is 5.91 Å². The maximum atomic E-state index is 12.3. The number of rotatable bonds is 5. The Morgan fingerprint density at radius 2 is 2.15 bits per heavy atom. The van der Waals surface area contributed by atoms with Gasteiger partial charge in [0.05, 0.1) is 6.04 Å². The minimum absolute atomic E-state index is 0.00824. The Hall–Kier alpha value is -2.10. The predicted octanol–water partition coefficient (Wildman–Crippen LogP) is 2.94. The second-order valence-electron chi connectivity index (χ2n) is 5.45. The normalized spacial score (nSPS) is 12.4. The van der Waals surface area contributed by atoms with Crippen LogP contribution in [0.1, 0.15) is 42.4 Å². The number of aromatic nitrogens is 2. The van der Waals surface area contributed by atoms with Crippen LogP contribution < -0.4 is 5.32 Å². The number of nitrogens with zero attached hydrogens (tertiary/aromatic N) is 2. The highest BCUT2D eigenvalue weighted by molar-refractivity contribution is 5.92. The molecule has 2 aromatic rings. The molecular weight excluding hydrogens is 250 g/mol. The molecule has 2 heterocycles. The molecule has 0 unspecified atom stereocenters. The molecule has 4 heteroatoms. The summed E-state index contributed by atoms with van der Waals surface area (Å²) < 4.78 is 1.82. The van der Waals surface area contributed by atoms with Crippen LogP contribution in [0.25, 0.3) is 0 Å². The lowest BCUT2D eigenvalue weighted by molar-refractivity contribution is 0.0923. The van der Waals surface area contributed by atoms with Gasteiger partial charge in [-0.05, 0) is 36.1 Å². The molecule has 2 aromatic heterocycles. The first kappa shape index (κ1) is 14.3. The second-order valence-corrected chi connectivity index (χ2v) is 5.45. The highest BCUT2D eigenvalue weighted by Crippen LogP contribution is 2.21. The van der Waals surface area contributed by atoms with Crippen molar-refractivity contribution in [3.05, 3.63) is 54.1 Å². The van der Waals surface area contributed by atoms with Gasteiger partial charge in [-0.15, -0.1) is 0 Å². The average Bonchev–Trinajstić information content (AvgIpc) is 2.85. The number of nitrogens with one attached hydrogen (secondary N) is 1. The summed E-state index contributed by atoms with van der Waals surface area (Å²) in [6.45, 7) is 4.30. The largest absolute Gasteiger partial charge is 0.347 e. The van der Waals surface area contributed by atoms with Gasteiger partial charge in [-0.1, -0.05) is 19.9 Å². The van der Waals surface area contributed by atoms with Crippen LogP contribution in [0.4, 0.5) is 0 Å². The molecule has 0 aliphatic heterocycles. The zero-order valence-electron chi connectivity index (χ0n) is 12.2. The van der Waals surface area contributed by atoms with E-state index in [-0.39, 0.29) is 11.9 Å². The van der Waals surface area contributed by atoms with Crippen molar-refractivity contribution in [2.24, 2.45) is 13.0 Å². The van der Waals surface area contributed by atoms with Gasteiger partial charge < -0.3 is 9.88 Å². The molecule has 20 heavy (non-hydrogen) atoms. The SMILES string of the molecule is CC(C)C[C@@H](NC(=O)c1cccn1C)c1cccnc1. The Kier molecular flexibility index (Phi) is 4.56. The maximum Gasteiger partial charge on any atom is 0.268 e. The van der Waals surface area contributed by atoms with E-state index in [1.54, 1.807) is 6.20 Å². The van der Waals surface area contributed by atoms with Crippen molar-refractivity contribution in [2.45, 2.75) is 26.3 Å². The Morgan fingerprint density at radius 1 is 1.35 bits per heavy atom. The van der Waals surface area contributed by atoms with Crippen molar-refractivity contribution >= 4 is 5.91 Å². The molecular formula is C16H21N3O. The van der Waals surface area contributed by atoms with Crippen molar-refractivity contribution in [3.63, 3.8) is 0 Å². The fourth-order valence-corrected chi connectivity index (χ4v) is 2.26. The predicted molar refractivity (Wildman–Crippen MR) is 79.3 cm³/mol. The number of pyridine rings is 1. The van der Waals surface area contributed by atoms with E-state index in [1.165, 1.54) is 0 Å². The van der Waals surface area contributed by atoms with Crippen molar-refractivity contribution in [2.75, 3.05) is 0 Å². The van der Waals surface area contributed by atoms with Crippen LogP contribution in [0.2, 0.25) is 0 Å². The lowest BCUT2D eigenvalue weighted by Crippen LogP contribution is -2.30. The molecule has 1 N–H and O–H groups in total. The number of carbonyl (C=O) groups is 1. The van der Waals surface area contributed by atoms with Crippen molar-refractivity contribution in [1.29, 1.82) is 0 Å². The van der Waals surface area contributed by atoms with E-state index in [4.69, 9.17) is 0 Å². The molecule has 4 nitrogen and oxygen atoms in total. The highest BCUT2D eigenvalue weighted by atomic mass is 16.2. The first-order valence-electron chi connectivity index (χ1n) is 6.90. The first-order chi connectivity index (χ1) is 9.58. The van der Waals surface area contributed by atoms with Gasteiger partial charge in [-0.25, -0.2) is 0 Å². The average molecular weight is 271 g/mol. The molecule has 1 atom stereocenters. The van der Waals surface area contributed by atoms with Crippen LogP contribution >= 0.6 is 0 Å². The fraction of sp³-hybridized carbons (Fsp3) is 0.375. The van der Waals surface area contributed by atoms with Crippen molar-refractivity contribution in [1.82, 2.24) is 14.9 Å². The van der Waals surface area contributed by atoms with E-state index in [0.717, 1.165) is 12.0 Å². The van der Waals surface area contributed by atoms with Crippen LogP contribution in [0.15, 0.2) is 42.9 Å². The summed E-state index contributed by atoms with van der Waals surface area (Å²) in [5.41, 5.74) is 1.71. The Morgan fingerprint density at radius 3 is 2.70 bits per heavy atom. The second kappa shape index (κ2) is 6.37. The molecule has 0 radical (unpaired) electrons. The quantitative estimate of drug-likeness (QED) is 0.909. The van der Waals surface area contributed by atoms with Crippen molar-refractivity contribution < 1.29 is 4.79 Å². The number of hydrogen-bond donors (Lipinski definition) is 1. The van der Waals surface area contributed by atoms with E-state index < -0.39 is 0 Å². The summed E-state index contributed by atoms with van der Waals surface area (Å²) in [7, 11) is 1.87. The fourth-order valence-electron chi connectivity index (χ4n) is 2.26. The van der Waals surface area contributed by atoms with Gasteiger partial charge in [0.15, 0.2) is 0 Å². The molecule has 0 saturated carbocycles. The zero-order valence-corrected chi connectivity index (χ0v) is 12.2. The van der Waals surface area contributed by atoms with E-state index >= 15 is 0 Å². The molecule has 0 bridgehead atoms. The van der Waals surface area contributed by atoms with E-state index in [1.807, 2.05) is 48.3 Å². The molecule has 0 aliphatic carbocycles. The highest BCUT2D eigenvalue weighted by Gasteiger charge is 2.18. The third kappa shape index (κ3) is 3.47. The smallest absolute Gasteiger partial charge is 0.268 e. The number of amides is 1. The van der Waals surface area contributed by atoms with E-state index in [9.17, 15) is 4.79 Å². The third-order valence-corrected chi connectivity index (χ3v) is 3.28. The van der Waals surface area contributed by atoms with Gasteiger partial charge in [0.1, 0.15) is 5.69 Å². The molecule has 0 aromatic carbocycles. The van der Waals surface area contributed by atoms with E-state index in [2.05, 4.69) is 24.1 Å². The van der Waals surface area contributed by atoms with Gasteiger partial charge in [-0.3, -0.25) is 9.78 Å². The Balaban J connectivity index is 2.16. The van der Waals surface area contributed by atoms with Crippen LogP contribution in [0.3, 0.4) is 0 Å². The van der Waals surface area contributed by atoms with Crippen LogP contribution in [-0.2, 0) is 7.05 Å². The lowest BCUT2D eigenvalue weighted by atomic mass is 9.98. The summed E-state index contributed by atoms with van der Waals surface area (Å²) in [5, 5.41) is 3.11. The summed E-state index contributed by atoms with van der Waals surface area (Å²) in [6, 6.07) is 7.59. The van der Waals surface area contributed by atoms with Gasteiger partial charge >= 0.3 is 0 Å². The van der Waals surface area contributed by atoms with Crippen LogP contribution in [-0.4, -0.2) is 15.5 Å². The summed E-state index contributed by atoms with van der Waals surface area (Å²) in [6.07, 6.45) is 6.32. The minimum Gasteiger partial charge on any atom is -0.347 e. The number of carbonyl (C=O) groups excluding carboxylic acids is 1. The molecule has 0 aliphatic rings. The molecule has 0 saturated heterocycles. The number of hydrogen-bond acceptors (Lipinski definition) is 2. The summed E-state index contributed by atoms with van der Waals surface area (Å²) in [4.78, 5) is 16.5. The summed E-state index contributed by atoms with van der Waals surface area (Å²) in [5.74, 6) is 0.445. The molecule has 0 spiro atoms. The topological polar surface area (TPSA) is 46.9 Å². The Labute approximate surface area is 119 Å². The van der Waals surface area contributed by atoms with Crippen LogP contribution in [0, 0.1) is 5.92 Å². The van der Waals surface area contributed by atoms with Crippen LogP contribution in [0.5, 0.6) is 0 Å². The third-order valence-electron chi connectivity index (χ3n) is 3.28. The Bertz CT molecular complexity index is 560. The van der Waals surface area contributed by atoms with Gasteiger partial charge in [0.2, 0.25) is 0 Å². The molecule has 1 amide bonds. The summed E-state index contributed by atoms with van der Waals surface area (Å²) >= 11 is 0. The van der Waals surface area contributed by atoms with Gasteiger partial charge in [-0.2, -0.15) is 0 Å².